The number of nitrogens with one attached hydrogen (secondary N) is 1. The summed E-state index contributed by atoms with van der Waals surface area (Å²) >= 11 is 6.13. The lowest BCUT2D eigenvalue weighted by Gasteiger charge is -2.27. The van der Waals surface area contributed by atoms with Crippen molar-refractivity contribution in [3.05, 3.63) is 52.6 Å². The zero-order valence-corrected chi connectivity index (χ0v) is 18.5. The van der Waals surface area contributed by atoms with Gasteiger partial charge in [0, 0.05) is 35.9 Å². The molecule has 0 fully saturated rings. The third-order valence-corrected chi connectivity index (χ3v) is 5.65. The summed E-state index contributed by atoms with van der Waals surface area (Å²) in [5.74, 6) is 2.04. The lowest BCUT2D eigenvalue weighted by molar-refractivity contribution is -0.117. The van der Waals surface area contributed by atoms with Crippen molar-refractivity contribution in [1.29, 1.82) is 0 Å². The molecule has 3 rings (SSSR count). The van der Waals surface area contributed by atoms with E-state index in [0.717, 1.165) is 35.4 Å². The van der Waals surface area contributed by atoms with E-state index in [1.165, 1.54) is 0 Å². The Morgan fingerprint density at radius 2 is 1.83 bits per heavy atom. The highest BCUT2D eigenvalue weighted by Gasteiger charge is 2.22. The molecule has 2 aromatic carbocycles. The number of ether oxygens (including phenoxy) is 3. The lowest BCUT2D eigenvalue weighted by Crippen LogP contribution is -2.36. The Kier molecular flexibility index (Phi) is 7.24. The maximum absolute atomic E-state index is 12.5. The molecule has 0 aliphatic carbocycles. The fourth-order valence-electron chi connectivity index (χ4n) is 3.54. The van der Waals surface area contributed by atoms with E-state index in [1.54, 1.807) is 21.3 Å². The van der Waals surface area contributed by atoms with Gasteiger partial charge in [-0.2, -0.15) is 0 Å². The Morgan fingerprint density at radius 3 is 2.40 bits per heavy atom. The minimum atomic E-state index is -0.0585. The summed E-state index contributed by atoms with van der Waals surface area (Å²) in [5, 5.41) is 3.59. The van der Waals surface area contributed by atoms with E-state index < -0.39 is 0 Å². The van der Waals surface area contributed by atoms with E-state index in [2.05, 4.69) is 16.3 Å². The maximum atomic E-state index is 12.5. The number of nitrogens with zero attached hydrogens (tertiary/aromatic N) is 1. The second kappa shape index (κ2) is 9.87. The first-order chi connectivity index (χ1) is 14.5. The molecule has 30 heavy (non-hydrogen) atoms. The molecule has 0 saturated carbocycles. The first-order valence-corrected chi connectivity index (χ1v) is 10.1. The van der Waals surface area contributed by atoms with Crippen LogP contribution in [0.1, 0.15) is 17.5 Å². The van der Waals surface area contributed by atoms with Crippen LogP contribution >= 0.6 is 11.6 Å². The van der Waals surface area contributed by atoms with Crippen molar-refractivity contribution in [2.24, 2.45) is 0 Å². The standard InChI is InChI=1S/C23H27ClN2O4/c1-15-18(24)6-5-7-19(15)25-22(27)14-26-10-8-16(9-11-26)23-20(29-3)12-17(28-2)13-21(23)30-4/h5-8,12-13H,9-11,14H2,1-4H3,(H,25,27). The minimum Gasteiger partial charge on any atom is -0.496 e. The van der Waals surface area contributed by atoms with Crippen molar-refractivity contribution in [3.8, 4) is 17.2 Å². The Labute approximate surface area is 182 Å². The van der Waals surface area contributed by atoms with Crippen LogP contribution in [0.3, 0.4) is 0 Å². The van der Waals surface area contributed by atoms with Crippen LogP contribution in [0.15, 0.2) is 36.4 Å². The van der Waals surface area contributed by atoms with Crippen molar-refractivity contribution < 1.29 is 19.0 Å². The van der Waals surface area contributed by atoms with Crippen molar-refractivity contribution in [2.45, 2.75) is 13.3 Å². The fraction of sp³-hybridized carbons (Fsp3) is 0.348. The van der Waals surface area contributed by atoms with E-state index in [9.17, 15) is 4.79 Å². The third kappa shape index (κ3) is 4.89. The Balaban J connectivity index is 1.70. The van der Waals surface area contributed by atoms with Gasteiger partial charge in [0.25, 0.3) is 0 Å². The zero-order chi connectivity index (χ0) is 21.7. The Hall–Kier alpha value is -2.70. The van der Waals surface area contributed by atoms with Gasteiger partial charge in [0.2, 0.25) is 5.91 Å². The molecule has 0 bridgehead atoms. The second-order valence-corrected chi connectivity index (χ2v) is 7.49. The van der Waals surface area contributed by atoms with E-state index in [1.807, 2.05) is 37.3 Å². The molecule has 0 saturated heterocycles. The number of carbonyl (C=O) groups is 1. The predicted molar refractivity (Wildman–Crippen MR) is 120 cm³/mol. The van der Waals surface area contributed by atoms with Gasteiger partial charge in [-0.15, -0.1) is 0 Å². The normalized spacial score (nSPS) is 14.1. The van der Waals surface area contributed by atoms with Gasteiger partial charge < -0.3 is 19.5 Å². The molecular weight excluding hydrogens is 404 g/mol. The quantitative estimate of drug-likeness (QED) is 0.705. The highest BCUT2D eigenvalue weighted by molar-refractivity contribution is 6.31. The molecular formula is C23H27ClN2O4. The van der Waals surface area contributed by atoms with Crippen molar-refractivity contribution in [2.75, 3.05) is 46.3 Å². The smallest absolute Gasteiger partial charge is 0.238 e. The molecule has 1 amide bonds. The molecule has 7 heteroatoms. The van der Waals surface area contributed by atoms with E-state index in [0.29, 0.717) is 35.4 Å². The fourth-order valence-corrected chi connectivity index (χ4v) is 3.71. The van der Waals surface area contributed by atoms with Gasteiger partial charge in [-0.05, 0) is 36.6 Å². The Bertz CT molecular complexity index is 933. The highest BCUT2D eigenvalue weighted by Crippen LogP contribution is 2.40. The van der Waals surface area contributed by atoms with Crippen molar-refractivity contribution in [3.63, 3.8) is 0 Å². The number of rotatable bonds is 7. The summed E-state index contributed by atoms with van der Waals surface area (Å²) < 4.78 is 16.5. The predicted octanol–water partition coefficient (Wildman–Crippen LogP) is 4.40. The largest absolute Gasteiger partial charge is 0.496 e. The summed E-state index contributed by atoms with van der Waals surface area (Å²) in [5.41, 5.74) is 3.67. The number of amides is 1. The lowest BCUT2D eigenvalue weighted by atomic mass is 9.97. The van der Waals surface area contributed by atoms with Crippen LogP contribution in [0.2, 0.25) is 5.02 Å². The number of methoxy groups -OCH3 is 3. The third-order valence-electron chi connectivity index (χ3n) is 5.24. The van der Waals surface area contributed by atoms with Crippen LogP contribution in [0.25, 0.3) is 5.57 Å². The van der Waals surface area contributed by atoms with Crippen LogP contribution in [0.5, 0.6) is 17.2 Å². The maximum Gasteiger partial charge on any atom is 0.238 e. The van der Waals surface area contributed by atoms with E-state index in [4.69, 9.17) is 25.8 Å². The van der Waals surface area contributed by atoms with Crippen LogP contribution in [-0.4, -0.2) is 51.8 Å². The molecule has 1 aliphatic heterocycles. The van der Waals surface area contributed by atoms with Gasteiger partial charge in [0.05, 0.1) is 33.4 Å². The zero-order valence-electron chi connectivity index (χ0n) is 17.8. The molecule has 1 heterocycles. The molecule has 0 spiro atoms. The van der Waals surface area contributed by atoms with Crippen LogP contribution in [0, 0.1) is 6.92 Å². The van der Waals surface area contributed by atoms with E-state index >= 15 is 0 Å². The molecule has 0 radical (unpaired) electrons. The molecule has 160 valence electrons. The van der Waals surface area contributed by atoms with Gasteiger partial charge in [-0.25, -0.2) is 0 Å². The summed E-state index contributed by atoms with van der Waals surface area (Å²) in [4.78, 5) is 14.6. The van der Waals surface area contributed by atoms with Gasteiger partial charge in [-0.1, -0.05) is 23.7 Å². The Morgan fingerprint density at radius 1 is 1.13 bits per heavy atom. The van der Waals surface area contributed by atoms with Gasteiger partial charge >= 0.3 is 0 Å². The number of carbonyl (C=O) groups excluding carboxylic acids is 1. The average Bonchev–Trinajstić information content (AvgIpc) is 2.76. The summed E-state index contributed by atoms with van der Waals surface area (Å²) in [6.07, 6.45) is 2.90. The first-order valence-electron chi connectivity index (χ1n) is 9.73. The van der Waals surface area contributed by atoms with Gasteiger partial charge in [-0.3, -0.25) is 9.69 Å². The number of halogens is 1. The van der Waals surface area contributed by atoms with Crippen LogP contribution < -0.4 is 19.5 Å². The van der Waals surface area contributed by atoms with Crippen molar-refractivity contribution >= 4 is 28.8 Å². The minimum absolute atomic E-state index is 0.0585. The van der Waals surface area contributed by atoms with Gasteiger partial charge in [0.1, 0.15) is 17.2 Å². The molecule has 2 aromatic rings. The topological polar surface area (TPSA) is 60.0 Å². The van der Waals surface area contributed by atoms with Crippen LogP contribution in [0.4, 0.5) is 5.69 Å². The van der Waals surface area contributed by atoms with Crippen LogP contribution in [-0.2, 0) is 4.79 Å². The summed E-state index contributed by atoms with van der Waals surface area (Å²) in [6, 6.07) is 9.20. The molecule has 0 atom stereocenters. The van der Waals surface area contributed by atoms with Crippen molar-refractivity contribution in [1.82, 2.24) is 4.90 Å². The monoisotopic (exact) mass is 430 g/mol. The molecule has 0 aromatic heterocycles. The average molecular weight is 431 g/mol. The molecule has 6 nitrogen and oxygen atoms in total. The number of hydrogen-bond acceptors (Lipinski definition) is 5. The number of hydrogen-bond donors (Lipinski definition) is 1. The highest BCUT2D eigenvalue weighted by atomic mass is 35.5. The molecule has 0 unspecified atom stereocenters. The second-order valence-electron chi connectivity index (χ2n) is 7.08. The SMILES string of the molecule is COc1cc(OC)c(C2=CCN(CC(=O)Nc3cccc(Cl)c3C)CC2)c(OC)c1. The van der Waals surface area contributed by atoms with E-state index in [-0.39, 0.29) is 5.91 Å². The molecule has 1 N–H and O–H groups in total. The van der Waals surface area contributed by atoms with Gasteiger partial charge in [0.15, 0.2) is 0 Å². The number of anilines is 1. The summed E-state index contributed by atoms with van der Waals surface area (Å²) in [7, 11) is 4.88. The number of benzene rings is 2. The summed E-state index contributed by atoms with van der Waals surface area (Å²) in [6.45, 7) is 3.62. The first kappa shape index (κ1) is 22.0. The molecule has 1 aliphatic rings.